The highest BCUT2D eigenvalue weighted by atomic mass is 19.1. The van der Waals surface area contributed by atoms with E-state index in [4.69, 9.17) is 4.74 Å². The molecule has 0 unspecified atom stereocenters. The van der Waals surface area contributed by atoms with E-state index in [-0.39, 0.29) is 23.2 Å². The summed E-state index contributed by atoms with van der Waals surface area (Å²) >= 11 is 0. The van der Waals surface area contributed by atoms with Crippen LogP contribution in [0.1, 0.15) is 6.92 Å². The van der Waals surface area contributed by atoms with Crippen LogP contribution in [0, 0.1) is 11.6 Å². The molecule has 1 aromatic heterocycles. The number of halogens is 2. The van der Waals surface area contributed by atoms with Gasteiger partial charge >= 0.3 is 0 Å². The largest absolute Gasteiger partial charge is 0.453 e. The molecule has 4 nitrogen and oxygen atoms in total. The summed E-state index contributed by atoms with van der Waals surface area (Å²) in [5.41, 5.74) is 0. The van der Waals surface area contributed by atoms with Gasteiger partial charge < -0.3 is 10.1 Å². The standard InChI is InChI=1S/C14H13BF2N2O2/c1-8(15)14(20)19-13-5-3-10(7-18-13)21-12-4-2-9(16)6-11(12)17/h2-8H,15H2,1H3,(H,18,19,20)/t8-/m1/s1. The van der Waals surface area contributed by atoms with Crippen LogP contribution < -0.4 is 10.1 Å². The zero-order valence-electron chi connectivity index (χ0n) is 11.6. The second-order valence-electron chi connectivity index (χ2n) is 4.70. The number of nitrogens with one attached hydrogen (secondary N) is 1. The van der Waals surface area contributed by atoms with Crippen molar-refractivity contribution in [2.24, 2.45) is 0 Å². The molecule has 0 aliphatic heterocycles. The van der Waals surface area contributed by atoms with Gasteiger partial charge in [-0.3, -0.25) is 4.79 Å². The second kappa shape index (κ2) is 6.34. The minimum Gasteiger partial charge on any atom is -0.453 e. The third-order valence-electron chi connectivity index (χ3n) is 2.63. The fraction of sp³-hybridized carbons (Fsp3) is 0.143. The lowest BCUT2D eigenvalue weighted by Crippen LogP contribution is -2.16. The predicted molar refractivity (Wildman–Crippen MR) is 77.3 cm³/mol. The first-order valence-electron chi connectivity index (χ1n) is 6.35. The predicted octanol–water partition coefficient (Wildman–Crippen LogP) is 2.53. The van der Waals surface area contributed by atoms with Gasteiger partial charge in [0.15, 0.2) is 11.6 Å². The SMILES string of the molecule is B[C@H](C)C(=O)Nc1ccc(Oc2ccc(F)cc2F)cn1. The van der Waals surface area contributed by atoms with Crippen LogP contribution in [0.5, 0.6) is 11.5 Å². The van der Waals surface area contributed by atoms with Crippen molar-refractivity contribution in [1.82, 2.24) is 4.98 Å². The van der Waals surface area contributed by atoms with E-state index in [2.05, 4.69) is 10.3 Å². The third kappa shape index (κ3) is 4.01. The van der Waals surface area contributed by atoms with Gasteiger partial charge in [0.1, 0.15) is 25.2 Å². The molecule has 1 atom stereocenters. The maximum absolute atomic E-state index is 13.4. The normalized spacial score (nSPS) is 11.8. The van der Waals surface area contributed by atoms with Crippen LogP contribution in [-0.2, 0) is 4.79 Å². The van der Waals surface area contributed by atoms with Crippen molar-refractivity contribution in [3.8, 4) is 11.5 Å². The van der Waals surface area contributed by atoms with Gasteiger partial charge in [0.25, 0.3) is 0 Å². The minimum absolute atomic E-state index is 0.0998. The van der Waals surface area contributed by atoms with Gasteiger partial charge in [0.05, 0.1) is 6.20 Å². The number of rotatable bonds is 4. The van der Waals surface area contributed by atoms with Crippen molar-refractivity contribution >= 4 is 19.6 Å². The van der Waals surface area contributed by atoms with Crippen LogP contribution in [-0.4, -0.2) is 18.7 Å². The Morgan fingerprint density at radius 1 is 1.33 bits per heavy atom. The Morgan fingerprint density at radius 2 is 2.10 bits per heavy atom. The molecule has 0 saturated carbocycles. The number of carbonyl (C=O) groups is 1. The number of benzene rings is 1. The van der Waals surface area contributed by atoms with Crippen LogP contribution in [0.25, 0.3) is 0 Å². The highest BCUT2D eigenvalue weighted by molar-refractivity contribution is 6.25. The van der Waals surface area contributed by atoms with Crippen LogP contribution >= 0.6 is 0 Å². The van der Waals surface area contributed by atoms with Gasteiger partial charge in [-0.05, 0) is 24.3 Å². The van der Waals surface area contributed by atoms with E-state index in [9.17, 15) is 13.6 Å². The third-order valence-corrected chi connectivity index (χ3v) is 2.63. The lowest BCUT2D eigenvalue weighted by Gasteiger charge is -2.09. The van der Waals surface area contributed by atoms with Gasteiger partial charge in [-0.1, -0.05) is 6.92 Å². The molecule has 1 amide bonds. The maximum Gasteiger partial charge on any atom is 0.220 e. The number of hydrogen-bond donors (Lipinski definition) is 1. The minimum atomic E-state index is -0.799. The lowest BCUT2D eigenvalue weighted by molar-refractivity contribution is -0.115. The van der Waals surface area contributed by atoms with Gasteiger partial charge in [0.2, 0.25) is 5.91 Å². The summed E-state index contributed by atoms with van der Waals surface area (Å²) in [5, 5.41) is 2.62. The van der Waals surface area contributed by atoms with Crippen molar-refractivity contribution in [3.63, 3.8) is 0 Å². The molecule has 0 spiro atoms. The van der Waals surface area contributed by atoms with Gasteiger partial charge in [-0.25, -0.2) is 13.8 Å². The summed E-state index contributed by atoms with van der Waals surface area (Å²) in [6.45, 7) is 1.77. The summed E-state index contributed by atoms with van der Waals surface area (Å²) in [6.07, 6.45) is 1.35. The van der Waals surface area contributed by atoms with E-state index < -0.39 is 11.6 Å². The number of aromatic nitrogens is 1. The van der Waals surface area contributed by atoms with Gasteiger partial charge in [-0.2, -0.15) is 0 Å². The average molecular weight is 290 g/mol. The maximum atomic E-state index is 13.4. The van der Waals surface area contributed by atoms with Gasteiger partial charge in [0, 0.05) is 11.9 Å². The zero-order valence-corrected chi connectivity index (χ0v) is 11.6. The smallest absolute Gasteiger partial charge is 0.220 e. The Labute approximate surface area is 121 Å². The topological polar surface area (TPSA) is 51.2 Å². The Kier molecular flexibility index (Phi) is 4.52. The Hall–Kier alpha value is -2.44. The first-order valence-corrected chi connectivity index (χ1v) is 6.35. The first kappa shape index (κ1) is 15.0. The lowest BCUT2D eigenvalue weighted by atomic mass is 9.89. The number of pyridine rings is 1. The van der Waals surface area contributed by atoms with E-state index in [0.29, 0.717) is 5.82 Å². The van der Waals surface area contributed by atoms with Crippen LogP contribution in [0.3, 0.4) is 0 Å². The summed E-state index contributed by atoms with van der Waals surface area (Å²) < 4.78 is 31.5. The van der Waals surface area contributed by atoms with Crippen LogP contribution in [0.2, 0.25) is 5.82 Å². The van der Waals surface area contributed by atoms with Crippen molar-refractivity contribution < 1.29 is 18.3 Å². The Morgan fingerprint density at radius 3 is 2.67 bits per heavy atom. The summed E-state index contributed by atoms with van der Waals surface area (Å²) in [7, 11) is 1.77. The first-order chi connectivity index (χ1) is 9.95. The molecule has 0 bridgehead atoms. The van der Waals surface area contributed by atoms with E-state index in [0.717, 1.165) is 12.1 Å². The quantitative estimate of drug-likeness (QED) is 0.880. The molecular weight excluding hydrogens is 277 g/mol. The van der Waals surface area contributed by atoms with E-state index >= 15 is 0 Å². The average Bonchev–Trinajstić information content (AvgIpc) is 2.43. The number of hydrogen-bond acceptors (Lipinski definition) is 3. The molecule has 2 rings (SSSR count). The molecule has 21 heavy (non-hydrogen) atoms. The molecule has 0 aliphatic rings. The van der Waals surface area contributed by atoms with Crippen molar-refractivity contribution in [3.05, 3.63) is 48.2 Å². The molecule has 108 valence electrons. The van der Waals surface area contributed by atoms with Crippen molar-refractivity contribution in [2.75, 3.05) is 5.32 Å². The van der Waals surface area contributed by atoms with Crippen LogP contribution in [0.15, 0.2) is 36.5 Å². The fourth-order valence-corrected chi connectivity index (χ4v) is 1.47. The Balaban J connectivity index is 2.07. The number of ether oxygens (including phenoxy) is 1. The number of nitrogens with zero attached hydrogens (tertiary/aromatic N) is 1. The molecule has 1 aromatic carbocycles. The number of carbonyl (C=O) groups excluding carboxylic acids is 1. The second-order valence-corrected chi connectivity index (χ2v) is 4.70. The van der Waals surface area contributed by atoms with E-state index in [1.54, 1.807) is 14.8 Å². The summed E-state index contributed by atoms with van der Waals surface area (Å²) in [6, 6.07) is 6.10. The summed E-state index contributed by atoms with van der Waals surface area (Å²) in [5.74, 6) is -1.23. The molecule has 0 fully saturated rings. The molecule has 1 N–H and O–H groups in total. The molecule has 0 aliphatic carbocycles. The number of amides is 1. The number of anilines is 1. The fourth-order valence-electron chi connectivity index (χ4n) is 1.47. The van der Waals surface area contributed by atoms with E-state index in [1.165, 1.54) is 24.4 Å². The molecule has 2 aromatic rings. The summed E-state index contributed by atoms with van der Waals surface area (Å²) in [4.78, 5) is 15.5. The van der Waals surface area contributed by atoms with Gasteiger partial charge in [-0.15, -0.1) is 0 Å². The molecule has 0 saturated heterocycles. The van der Waals surface area contributed by atoms with E-state index in [1.807, 2.05) is 0 Å². The highest BCUT2D eigenvalue weighted by Crippen LogP contribution is 2.25. The Bertz CT molecular complexity index is 648. The molecular formula is C14H13BF2N2O2. The zero-order chi connectivity index (χ0) is 15.4. The van der Waals surface area contributed by atoms with Crippen molar-refractivity contribution in [2.45, 2.75) is 12.7 Å². The monoisotopic (exact) mass is 290 g/mol. The van der Waals surface area contributed by atoms with Crippen LogP contribution in [0.4, 0.5) is 14.6 Å². The molecule has 7 heteroatoms. The molecule has 1 heterocycles. The van der Waals surface area contributed by atoms with Crippen molar-refractivity contribution in [1.29, 1.82) is 0 Å². The highest BCUT2D eigenvalue weighted by Gasteiger charge is 2.09. The molecule has 0 radical (unpaired) electrons.